The second-order valence-electron chi connectivity index (χ2n) is 3.69. The van der Waals surface area contributed by atoms with Crippen molar-refractivity contribution in [1.29, 1.82) is 0 Å². The number of ether oxygens (including phenoxy) is 1. The monoisotopic (exact) mass is 217 g/mol. The first-order valence-electron chi connectivity index (χ1n) is 5.29. The Kier molecular flexibility index (Phi) is 2.38. The molecule has 0 amide bonds. The number of hydrogen-bond donors (Lipinski definition) is 0. The third kappa shape index (κ3) is 1.69. The minimum atomic E-state index is -0.0297. The molecule has 0 unspecified atom stereocenters. The Balaban J connectivity index is 1.87. The number of pyridine rings is 1. The smallest absolute Gasteiger partial charge is 0.249 e. The molecule has 2 aromatic rings. The first-order chi connectivity index (χ1) is 7.93. The molecule has 5 heteroatoms. The van der Waals surface area contributed by atoms with E-state index in [-0.39, 0.29) is 6.10 Å². The first kappa shape index (κ1) is 9.47. The van der Waals surface area contributed by atoms with E-state index in [0.717, 1.165) is 25.0 Å². The third-order valence-corrected chi connectivity index (χ3v) is 2.55. The van der Waals surface area contributed by atoms with Gasteiger partial charge in [-0.1, -0.05) is 0 Å². The van der Waals surface area contributed by atoms with Crippen LogP contribution >= 0.6 is 0 Å². The normalized spacial score (nSPS) is 20.1. The van der Waals surface area contributed by atoms with Crippen LogP contribution in [0.2, 0.25) is 0 Å². The Bertz CT molecular complexity index is 463. The van der Waals surface area contributed by atoms with Crippen molar-refractivity contribution in [2.24, 2.45) is 0 Å². The molecule has 0 aliphatic carbocycles. The van der Waals surface area contributed by atoms with Gasteiger partial charge in [0.25, 0.3) is 0 Å². The van der Waals surface area contributed by atoms with E-state index in [2.05, 4.69) is 15.2 Å². The van der Waals surface area contributed by atoms with E-state index in [9.17, 15) is 0 Å². The topological polar surface area (TPSA) is 61.0 Å². The van der Waals surface area contributed by atoms with Crippen molar-refractivity contribution in [2.45, 2.75) is 18.9 Å². The fraction of sp³-hybridized carbons (Fsp3) is 0.364. The van der Waals surface area contributed by atoms with Crippen molar-refractivity contribution in [3.05, 3.63) is 30.4 Å². The highest BCUT2D eigenvalue weighted by molar-refractivity contribution is 5.49. The molecule has 0 spiro atoms. The molecule has 3 rings (SSSR count). The van der Waals surface area contributed by atoms with Gasteiger partial charge in [-0.2, -0.15) is 0 Å². The predicted octanol–water partition coefficient (Wildman–Crippen LogP) is 1.98. The maximum absolute atomic E-state index is 5.57. The van der Waals surface area contributed by atoms with E-state index in [0.29, 0.717) is 11.8 Å². The lowest BCUT2D eigenvalue weighted by Crippen LogP contribution is -1.95. The average molecular weight is 217 g/mol. The largest absolute Gasteiger partial charge is 0.418 e. The standard InChI is InChI=1S/C11H11N3O2/c1-3-8(7-12-5-1)10-13-14-11(16-10)9-4-2-6-15-9/h1,3,5,7,9H,2,4,6H2/t9-/m0/s1. The lowest BCUT2D eigenvalue weighted by molar-refractivity contribution is 0.0896. The molecule has 1 aliphatic rings. The Morgan fingerprint density at radius 3 is 3.06 bits per heavy atom. The molecule has 0 radical (unpaired) electrons. The number of nitrogens with zero attached hydrogens (tertiary/aromatic N) is 3. The zero-order valence-corrected chi connectivity index (χ0v) is 8.67. The molecule has 1 fully saturated rings. The maximum Gasteiger partial charge on any atom is 0.249 e. The van der Waals surface area contributed by atoms with E-state index < -0.39 is 0 Å². The van der Waals surface area contributed by atoms with Crippen molar-refractivity contribution >= 4 is 0 Å². The zero-order valence-electron chi connectivity index (χ0n) is 8.67. The summed E-state index contributed by atoms with van der Waals surface area (Å²) >= 11 is 0. The molecule has 0 saturated carbocycles. The summed E-state index contributed by atoms with van der Waals surface area (Å²) in [6, 6.07) is 3.73. The molecule has 0 aromatic carbocycles. The van der Waals surface area contributed by atoms with Gasteiger partial charge >= 0.3 is 0 Å². The van der Waals surface area contributed by atoms with Crippen LogP contribution in [0.4, 0.5) is 0 Å². The molecule has 3 heterocycles. The first-order valence-corrected chi connectivity index (χ1v) is 5.29. The van der Waals surface area contributed by atoms with E-state index >= 15 is 0 Å². The van der Waals surface area contributed by atoms with Crippen LogP contribution in [-0.2, 0) is 4.74 Å². The summed E-state index contributed by atoms with van der Waals surface area (Å²) in [5, 5.41) is 8.00. The molecule has 1 aliphatic heterocycles. The molecule has 2 aromatic heterocycles. The number of hydrogen-bond acceptors (Lipinski definition) is 5. The van der Waals surface area contributed by atoms with Gasteiger partial charge in [-0.05, 0) is 25.0 Å². The van der Waals surface area contributed by atoms with Gasteiger partial charge < -0.3 is 9.15 Å². The van der Waals surface area contributed by atoms with Crippen LogP contribution in [0.25, 0.3) is 11.5 Å². The second-order valence-corrected chi connectivity index (χ2v) is 3.69. The SMILES string of the molecule is c1cncc(-c2nnc([C@@H]3CCCO3)o2)c1. The van der Waals surface area contributed by atoms with Crippen LogP contribution in [0, 0.1) is 0 Å². The minimum Gasteiger partial charge on any atom is -0.418 e. The number of aromatic nitrogens is 3. The van der Waals surface area contributed by atoms with Crippen LogP contribution in [0.1, 0.15) is 24.8 Å². The van der Waals surface area contributed by atoms with Gasteiger partial charge in [0.05, 0.1) is 5.56 Å². The minimum absolute atomic E-state index is 0.0297. The van der Waals surface area contributed by atoms with Crippen LogP contribution in [0.5, 0.6) is 0 Å². The van der Waals surface area contributed by atoms with E-state index in [4.69, 9.17) is 9.15 Å². The van der Waals surface area contributed by atoms with Crippen LogP contribution in [0.3, 0.4) is 0 Å². The maximum atomic E-state index is 5.57. The fourth-order valence-corrected chi connectivity index (χ4v) is 1.74. The molecule has 16 heavy (non-hydrogen) atoms. The highest BCUT2D eigenvalue weighted by Gasteiger charge is 2.23. The lowest BCUT2D eigenvalue weighted by atomic mass is 10.2. The summed E-state index contributed by atoms with van der Waals surface area (Å²) in [5.74, 6) is 1.06. The van der Waals surface area contributed by atoms with Gasteiger partial charge in [0.2, 0.25) is 11.8 Å². The summed E-state index contributed by atoms with van der Waals surface area (Å²) in [4.78, 5) is 4.01. The van der Waals surface area contributed by atoms with Crippen LogP contribution in [0.15, 0.2) is 28.9 Å². The van der Waals surface area contributed by atoms with E-state index in [1.54, 1.807) is 12.4 Å². The molecular formula is C11H11N3O2. The van der Waals surface area contributed by atoms with E-state index in [1.807, 2.05) is 12.1 Å². The Hall–Kier alpha value is -1.75. The van der Waals surface area contributed by atoms with Crippen LogP contribution in [-0.4, -0.2) is 21.8 Å². The Labute approximate surface area is 92.5 Å². The lowest BCUT2D eigenvalue weighted by Gasteiger charge is -2.01. The Morgan fingerprint density at radius 1 is 1.31 bits per heavy atom. The fourth-order valence-electron chi connectivity index (χ4n) is 1.74. The third-order valence-electron chi connectivity index (χ3n) is 2.55. The van der Waals surface area contributed by atoms with Crippen molar-refractivity contribution in [2.75, 3.05) is 6.61 Å². The molecule has 0 N–H and O–H groups in total. The molecule has 82 valence electrons. The quantitative estimate of drug-likeness (QED) is 0.769. The second kappa shape index (κ2) is 4.02. The summed E-state index contributed by atoms with van der Waals surface area (Å²) < 4.78 is 11.0. The average Bonchev–Trinajstić information content (AvgIpc) is 3.01. The Morgan fingerprint density at radius 2 is 2.31 bits per heavy atom. The molecule has 1 atom stereocenters. The van der Waals surface area contributed by atoms with Crippen molar-refractivity contribution in [3.63, 3.8) is 0 Å². The highest BCUT2D eigenvalue weighted by atomic mass is 16.5. The molecule has 5 nitrogen and oxygen atoms in total. The van der Waals surface area contributed by atoms with Gasteiger partial charge in [-0.15, -0.1) is 10.2 Å². The van der Waals surface area contributed by atoms with E-state index in [1.165, 1.54) is 0 Å². The van der Waals surface area contributed by atoms with Gasteiger partial charge in [0.1, 0.15) is 6.10 Å². The van der Waals surface area contributed by atoms with Gasteiger partial charge in [-0.25, -0.2) is 0 Å². The zero-order chi connectivity index (χ0) is 10.8. The summed E-state index contributed by atoms with van der Waals surface area (Å²) in [6.45, 7) is 0.773. The van der Waals surface area contributed by atoms with Gasteiger partial charge in [0, 0.05) is 19.0 Å². The molecule has 0 bridgehead atoms. The highest BCUT2D eigenvalue weighted by Crippen LogP contribution is 2.29. The van der Waals surface area contributed by atoms with Crippen molar-refractivity contribution in [3.8, 4) is 11.5 Å². The summed E-state index contributed by atoms with van der Waals surface area (Å²) in [7, 11) is 0. The van der Waals surface area contributed by atoms with Gasteiger partial charge in [-0.3, -0.25) is 4.98 Å². The van der Waals surface area contributed by atoms with Crippen LogP contribution < -0.4 is 0 Å². The number of rotatable bonds is 2. The van der Waals surface area contributed by atoms with Crippen molar-refractivity contribution in [1.82, 2.24) is 15.2 Å². The van der Waals surface area contributed by atoms with Crippen molar-refractivity contribution < 1.29 is 9.15 Å². The molecular weight excluding hydrogens is 206 g/mol. The predicted molar refractivity (Wildman–Crippen MR) is 55.5 cm³/mol. The summed E-state index contributed by atoms with van der Waals surface area (Å²) in [6.07, 6.45) is 5.38. The molecule has 1 saturated heterocycles. The summed E-state index contributed by atoms with van der Waals surface area (Å²) in [5.41, 5.74) is 0.833. The van der Waals surface area contributed by atoms with Gasteiger partial charge in [0.15, 0.2) is 0 Å².